The maximum Gasteiger partial charge on any atom is 0.0159 e. The zero-order chi connectivity index (χ0) is 21.0. The lowest BCUT2D eigenvalue weighted by Crippen LogP contribution is -2.14. The van der Waals surface area contributed by atoms with Crippen LogP contribution in [-0.2, 0) is 5.41 Å². The highest BCUT2D eigenvalue weighted by Gasteiger charge is 2.35. The maximum atomic E-state index is 2.39. The van der Waals surface area contributed by atoms with Gasteiger partial charge in [-0.05, 0) is 67.4 Å². The molecule has 0 heteroatoms. The largest absolute Gasteiger partial charge is 0.0619 e. The molecule has 0 N–H and O–H groups in total. The number of hydrogen-bond donors (Lipinski definition) is 0. The second kappa shape index (κ2) is 6.68. The Hall–Kier alpha value is -3.64. The summed E-state index contributed by atoms with van der Waals surface area (Å²) in [7, 11) is 0. The fourth-order valence-corrected chi connectivity index (χ4v) is 5.11. The van der Waals surface area contributed by atoms with E-state index >= 15 is 0 Å². The molecular formula is C31H24. The van der Waals surface area contributed by atoms with Crippen LogP contribution in [0.25, 0.3) is 44.2 Å². The van der Waals surface area contributed by atoms with Gasteiger partial charge in [0, 0.05) is 5.41 Å². The van der Waals surface area contributed by atoms with Gasteiger partial charge in [0.2, 0.25) is 0 Å². The standard InChI is InChI=1S/C31H24/c1-31(2)29-10-6-5-9-27(29)28-18-17-26(20-30(28)31)23-13-11-22(12-14-23)25-16-15-21-7-3-4-8-24(21)19-25/h3-20H,1-2H3. The minimum absolute atomic E-state index is 0.0347. The van der Waals surface area contributed by atoms with E-state index < -0.39 is 0 Å². The van der Waals surface area contributed by atoms with Crippen LogP contribution in [0.2, 0.25) is 0 Å². The quantitative estimate of drug-likeness (QED) is 0.281. The predicted octanol–water partition coefficient (Wildman–Crippen LogP) is 8.48. The molecule has 0 fully saturated rings. The van der Waals surface area contributed by atoms with Gasteiger partial charge < -0.3 is 0 Å². The van der Waals surface area contributed by atoms with Crippen molar-refractivity contribution in [2.75, 3.05) is 0 Å². The van der Waals surface area contributed by atoms with E-state index in [9.17, 15) is 0 Å². The van der Waals surface area contributed by atoms with Gasteiger partial charge in [0.05, 0.1) is 0 Å². The minimum Gasteiger partial charge on any atom is -0.0619 e. The molecule has 0 nitrogen and oxygen atoms in total. The normalized spacial score (nSPS) is 13.7. The smallest absolute Gasteiger partial charge is 0.0159 e. The fraction of sp³-hybridized carbons (Fsp3) is 0.0968. The maximum absolute atomic E-state index is 2.39. The van der Waals surface area contributed by atoms with Gasteiger partial charge in [0.15, 0.2) is 0 Å². The van der Waals surface area contributed by atoms with E-state index in [1.165, 1.54) is 55.3 Å². The van der Waals surface area contributed by atoms with E-state index in [1.54, 1.807) is 0 Å². The predicted molar refractivity (Wildman–Crippen MR) is 132 cm³/mol. The highest BCUT2D eigenvalue weighted by Crippen LogP contribution is 2.49. The van der Waals surface area contributed by atoms with Gasteiger partial charge in [-0.15, -0.1) is 0 Å². The summed E-state index contributed by atoms with van der Waals surface area (Å²) in [5, 5.41) is 2.56. The lowest BCUT2D eigenvalue weighted by atomic mass is 9.81. The molecule has 0 aliphatic heterocycles. The number of benzene rings is 5. The van der Waals surface area contributed by atoms with Crippen molar-refractivity contribution in [3.63, 3.8) is 0 Å². The summed E-state index contributed by atoms with van der Waals surface area (Å²) in [6.45, 7) is 4.68. The van der Waals surface area contributed by atoms with Crippen molar-refractivity contribution in [3.05, 3.63) is 120 Å². The molecule has 0 heterocycles. The first kappa shape index (κ1) is 18.2. The fourth-order valence-electron chi connectivity index (χ4n) is 5.11. The molecule has 5 aromatic carbocycles. The summed E-state index contributed by atoms with van der Waals surface area (Å²) in [6.07, 6.45) is 0. The average Bonchev–Trinajstić information content (AvgIpc) is 3.06. The number of fused-ring (bicyclic) bond motifs is 4. The molecule has 0 radical (unpaired) electrons. The molecule has 0 bridgehead atoms. The molecule has 0 atom stereocenters. The topological polar surface area (TPSA) is 0 Å². The monoisotopic (exact) mass is 396 g/mol. The Labute approximate surface area is 183 Å². The SMILES string of the molecule is CC1(C)c2ccccc2-c2ccc(-c3ccc(-c4ccc5ccccc5c4)cc3)cc21. The molecule has 6 rings (SSSR count). The molecule has 1 aliphatic carbocycles. The Balaban J connectivity index is 1.38. The van der Waals surface area contributed by atoms with Crippen LogP contribution >= 0.6 is 0 Å². The molecule has 0 amide bonds. The van der Waals surface area contributed by atoms with Crippen LogP contribution in [0.3, 0.4) is 0 Å². The summed E-state index contributed by atoms with van der Waals surface area (Å²) < 4.78 is 0. The summed E-state index contributed by atoms with van der Waals surface area (Å²) in [5.74, 6) is 0. The van der Waals surface area contributed by atoms with Crippen LogP contribution in [0, 0.1) is 0 Å². The van der Waals surface area contributed by atoms with E-state index in [-0.39, 0.29) is 5.41 Å². The van der Waals surface area contributed by atoms with E-state index in [2.05, 4.69) is 123 Å². The molecule has 0 aromatic heterocycles. The first-order valence-corrected chi connectivity index (χ1v) is 11.0. The molecule has 1 aliphatic rings. The Bertz CT molecular complexity index is 1440. The summed E-state index contributed by atoms with van der Waals surface area (Å²) in [6, 6.07) is 40.0. The Kier molecular flexibility index (Phi) is 3.91. The van der Waals surface area contributed by atoms with Crippen LogP contribution in [0.4, 0.5) is 0 Å². The first-order valence-electron chi connectivity index (χ1n) is 11.0. The van der Waals surface area contributed by atoms with Crippen LogP contribution in [-0.4, -0.2) is 0 Å². The average molecular weight is 397 g/mol. The van der Waals surface area contributed by atoms with Crippen LogP contribution in [0.15, 0.2) is 109 Å². The zero-order valence-electron chi connectivity index (χ0n) is 17.9. The van der Waals surface area contributed by atoms with Crippen molar-refractivity contribution in [3.8, 4) is 33.4 Å². The molecule has 0 saturated heterocycles. The highest BCUT2D eigenvalue weighted by atomic mass is 14.4. The molecule has 0 unspecified atom stereocenters. The van der Waals surface area contributed by atoms with Crippen LogP contribution in [0.1, 0.15) is 25.0 Å². The van der Waals surface area contributed by atoms with E-state index in [1.807, 2.05) is 0 Å². The van der Waals surface area contributed by atoms with Gasteiger partial charge in [0.25, 0.3) is 0 Å². The molecular weight excluding hydrogens is 372 g/mol. The third kappa shape index (κ3) is 2.83. The van der Waals surface area contributed by atoms with Gasteiger partial charge in [-0.3, -0.25) is 0 Å². The van der Waals surface area contributed by atoms with E-state index in [0.29, 0.717) is 0 Å². The van der Waals surface area contributed by atoms with Crippen molar-refractivity contribution in [2.45, 2.75) is 19.3 Å². The summed E-state index contributed by atoms with van der Waals surface area (Å²) in [5.41, 5.74) is 10.7. The summed E-state index contributed by atoms with van der Waals surface area (Å²) >= 11 is 0. The number of rotatable bonds is 2. The molecule has 148 valence electrons. The lowest BCUT2D eigenvalue weighted by Gasteiger charge is -2.22. The van der Waals surface area contributed by atoms with Gasteiger partial charge in [-0.1, -0.05) is 111 Å². The summed E-state index contributed by atoms with van der Waals surface area (Å²) in [4.78, 5) is 0. The van der Waals surface area contributed by atoms with Crippen molar-refractivity contribution >= 4 is 10.8 Å². The second-order valence-electron chi connectivity index (χ2n) is 9.07. The van der Waals surface area contributed by atoms with Gasteiger partial charge in [0.1, 0.15) is 0 Å². The van der Waals surface area contributed by atoms with Gasteiger partial charge in [-0.2, -0.15) is 0 Å². The second-order valence-corrected chi connectivity index (χ2v) is 9.07. The van der Waals surface area contributed by atoms with Crippen molar-refractivity contribution in [2.24, 2.45) is 0 Å². The lowest BCUT2D eigenvalue weighted by molar-refractivity contribution is 0.660. The Morgan fingerprint density at radius 1 is 0.419 bits per heavy atom. The molecule has 5 aromatic rings. The Morgan fingerprint density at radius 3 is 1.74 bits per heavy atom. The first-order chi connectivity index (χ1) is 15.1. The van der Waals surface area contributed by atoms with Crippen molar-refractivity contribution in [1.82, 2.24) is 0 Å². The third-order valence-corrected chi connectivity index (χ3v) is 6.88. The van der Waals surface area contributed by atoms with Gasteiger partial charge in [-0.25, -0.2) is 0 Å². The van der Waals surface area contributed by atoms with Crippen molar-refractivity contribution in [1.29, 1.82) is 0 Å². The Morgan fingerprint density at radius 2 is 0.968 bits per heavy atom. The molecule has 0 spiro atoms. The van der Waals surface area contributed by atoms with Crippen molar-refractivity contribution < 1.29 is 0 Å². The zero-order valence-corrected chi connectivity index (χ0v) is 17.9. The van der Waals surface area contributed by atoms with Gasteiger partial charge >= 0.3 is 0 Å². The van der Waals surface area contributed by atoms with Crippen LogP contribution < -0.4 is 0 Å². The van der Waals surface area contributed by atoms with Crippen LogP contribution in [0.5, 0.6) is 0 Å². The van der Waals surface area contributed by atoms with E-state index in [0.717, 1.165) is 0 Å². The third-order valence-electron chi connectivity index (χ3n) is 6.88. The molecule has 31 heavy (non-hydrogen) atoms. The molecule has 0 saturated carbocycles. The van der Waals surface area contributed by atoms with E-state index in [4.69, 9.17) is 0 Å². The minimum atomic E-state index is 0.0347. The number of hydrogen-bond acceptors (Lipinski definition) is 0. The highest BCUT2D eigenvalue weighted by molar-refractivity contribution is 5.88.